The van der Waals surface area contributed by atoms with Crippen LogP contribution in [0.2, 0.25) is 0 Å². The van der Waals surface area contributed by atoms with Crippen molar-refractivity contribution in [2.45, 2.75) is 0 Å². The Hall–Kier alpha value is -4.52. The molecule has 2 N–H and O–H groups in total. The van der Waals surface area contributed by atoms with E-state index in [9.17, 15) is 14.4 Å². The predicted octanol–water partition coefficient (Wildman–Crippen LogP) is 3.95. The van der Waals surface area contributed by atoms with E-state index in [-0.39, 0.29) is 16.7 Å². The lowest BCUT2D eigenvalue weighted by molar-refractivity contribution is 0.0686. The van der Waals surface area contributed by atoms with Gasteiger partial charge in [0.1, 0.15) is 5.82 Å². The van der Waals surface area contributed by atoms with Crippen LogP contribution in [0, 0.1) is 0 Å². The highest BCUT2D eigenvalue weighted by atomic mass is 16.4. The van der Waals surface area contributed by atoms with Crippen molar-refractivity contribution < 1.29 is 19.8 Å². The van der Waals surface area contributed by atoms with Gasteiger partial charge in [0.05, 0.1) is 27.7 Å². The molecule has 1 heterocycles. The second-order valence-corrected chi connectivity index (χ2v) is 6.74. The van der Waals surface area contributed by atoms with Gasteiger partial charge in [-0.1, -0.05) is 30.3 Å². The van der Waals surface area contributed by atoms with Crippen LogP contribution in [0.15, 0.2) is 77.6 Å². The average Bonchev–Trinajstić information content (AvgIpc) is 2.78. The Bertz CT molecular complexity index is 1380. The van der Waals surface area contributed by atoms with Crippen LogP contribution in [0.5, 0.6) is 0 Å². The molecule has 31 heavy (non-hydrogen) atoms. The first-order chi connectivity index (χ1) is 14.9. The molecule has 0 amide bonds. The van der Waals surface area contributed by atoms with Crippen LogP contribution in [-0.4, -0.2) is 31.7 Å². The summed E-state index contributed by atoms with van der Waals surface area (Å²) < 4.78 is 1.41. The van der Waals surface area contributed by atoms with Crippen molar-refractivity contribution >= 4 is 35.0 Å². The van der Waals surface area contributed by atoms with Crippen LogP contribution in [0.3, 0.4) is 0 Å². The zero-order valence-electron chi connectivity index (χ0n) is 16.1. The normalized spacial score (nSPS) is 11.1. The van der Waals surface area contributed by atoms with Crippen LogP contribution in [0.1, 0.15) is 32.1 Å². The molecule has 0 atom stereocenters. The minimum absolute atomic E-state index is 0.112. The van der Waals surface area contributed by atoms with E-state index in [0.29, 0.717) is 22.4 Å². The van der Waals surface area contributed by atoms with E-state index in [1.807, 2.05) is 0 Å². The number of hydrogen-bond donors (Lipinski definition) is 2. The standard InChI is InChI=1S/C24H16N2O5/c27-22-19-3-1-2-4-20(19)25-21(14-7-15-5-8-16(9-6-15)23(28)29)26(22)18-12-10-17(11-13-18)24(30)31/h1-14H,(H,28,29)(H,30,31)/b14-7+. The Morgan fingerprint density at radius 3 is 1.97 bits per heavy atom. The van der Waals surface area contributed by atoms with Crippen molar-refractivity contribution in [1.29, 1.82) is 0 Å². The number of fused-ring (bicyclic) bond motifs is 1. The Kier molecular flexibility index (Phi) is 5.15. The molecule has 0 radical (unpaired) electrons. The molecule has 7 heteroatoms. The molecule has 0 spiro atoms. The highest BCUT2D eigenvalue weighted by Gasteiger charge is 2.12. The maximum absolute atomic E-state index is 13.2. The number of carbonyl (C=O) groups is 2. The number of para-hydroxylation sites is 1. The van der Waals surface area contributed by atoms with Crippen LogP contribution < -0.4 is 5.56 Å². The minimum Gasteiger partial charge on any atom is -0.478 e. The molecule has 0 unspecified atom stereocenters. The molecule has 7 nitrogen and oxygen atoms in total. The van der Waals surface area contributed by atoms with E-state index in [2.05, 4.69) is 4.98 Å². The average molecular weight is 412 g/mol. The van der Waals surface area contributed by atoms with Gasteiger partial charge in [0.25, 0.3) is 5.56 Å². The largest absolute Gasteiger partial charge is 0.478 e. The summed E-state index contributed by atoms with van der Waals surface area (Å²) in [5.74, 6) is -1.71. The number of carboxylic acid groups (broad SMARTS) is 2. The Morgan fingerprint density at radius 1 is 0.774 bits per heavy atom. The summed E-state index contributed by atoms with van der Waals surface area (Å²) in [7, 11) is 0. The summed E-state index contributed by atoms with van der Waals surface area (Å²) in [4.78, 5) is 40.0. The molecule has 0 saturated carbocycles. The summed E-state index contributed by atoms with van der Waals surface area (Å²) in [6.45, 7) is 0. The molecule has 1 aromatic heterocycles. The Labute approximate surface area is 176 Å². The Morgan fingerprint density at radius 2 is 1.35 bits per heavy atom. The quantitative estimate of drug-likeness (QED) is 0.514. The van der Waals surface area contributed by atoms with Crippen molar-refractivity contribution in [3.8, 4) is 5.69 Å². The number of rotatable bonds is 5. The summed E-state index contributed by atoms with van der Waals surface area (Å²) in [6, 6.07) is 19.2. The fraction of sp³-hybridized carbons (Fsp3) is 0. The summed E-state index contributed by atoms with van der Waals surface area (Å²) in [6.07, 6.45) is 3.39. The lowest BCUT2D eigenvalue weighted by Crippen LogP contribution is -2.22. The van der Waals surface area contributed by atoms with E-state index >= 15 is 0 Å². The van der Waals surface area contributed by atoms with Crippen molar-refractivity contribution in [3.63, 3.8) is 0 Å². The summed E-state index contributed by atoms with van der Waals surface area (Å²) in [5, 5.41) is 18.6. The van der Waals surface area contributed by atoms with E-state index < -0.39 is 11.9 Å². The van der Waals surface area contributed by atoms with Gasteiger partial charge >= 0.3 is 11.9 Å². The van der Waals surface area contributed by atoms with Crippen LogP contribution in [0.4, 0.5) is 0 Å². The van der Waals surface area contributed by atoms with Crippen LogP contribution in [-0.2, 0) is 0 Å². The fourth-order valence-corrected chi connectivity index (χ4v) is 3.17. The monoisotopic (exact) mass is 412 g/mol. The smallest absolute Gasteiger partial charge is 0.335 e. The maximum Gasteiger partial charge on any atom is 0.335 e. The molecule has 0 fully saturated rings. The first-order valence-corrected chi connectivity index (χ1v) is 9.31. The topological polar surface area (TPSA) is 109 Å². The zero-order valence-corrected chi connectivity index (χ0v) is 16.1. The molecule has 3 aromatic carbocycles. The lowest BCUT2D eigenvalue weighted by Gasteiger charge is -2.11. The molecular formula is C24H16N2O5. The second kappa shape index (κ2) is 8.08. The number of aromatic nitrogens is 2. The zero-order chi connectivity index (χ0) is 22.0. The molecule has 0 bridgehead atoms. The van der Waals surface area contributed by atoms with E-state index in [1.54, 1.807) is 60.7 Å². The van der Waals surface area contributed by atoms with Crippen LogP contribution in [0.25, 0.3) is 28.7 Å². The molecule has 152 valence electrons. The van der Waals surface area contributed by atoms with Gasteiger partial charge in [0.15, 0.2) is 0 Å². The van der Waals surface area contributed by atoms with Gasteiger partial charge in [-0.3, -0.25) is 9.36 Å². The third-order valence-electron chi connectivity index (χ3n) is 4.76. The van der Waals surface area contributed by atoms with Gasteiger partial charge in [-0.2, -0.15) is 0 Å². The predicted molar refractivity (Wildman–Crippen MR) is 117 cm³/mol. The van der Waals surface area contributed by atoms with Gasteiger partial charge in [0.2, 0.25) is 0 Å². The summed E-state index contributed by atoms with van der Waals surface area (Å²) in [5.41, 5.74) is 1.76. The van der Waals surface area contributed by atoms with Crippen molar-refractivity contribution in [1.82, 2.24) is 9.55 Å². The molecule has 0 aliphatic heterocycles. The minimum atomic E-state index is -1.06. The molecule has 4 aromatic rings. The second-order valence-electron chi connectivity index (χ2n) is 6.74. The molecule has 0 aliphatic rings. The molecular weight excluding hydrogens is 396 g/mol. The number of nitrogens with zero attached hydrogens (tertiary/aromatic N) is 2. The first kappa shape index (κ1) is 19.8. The third-order valence-corrected chi connectivity index (χ3v) is 4.76. The van der Waals surface area contributed by atoms with Gasteiger partial charge in [-0.25, -0.2) is 14.6 Å². The highest BCUT2D eigenvalue weighted by molar-refractivity contribution is 5.88. The molecule has 0 saturated heterocycles. The summed E-state index contributed by atoms with van der Waals surface area (Å²) >= 11 is 0. The van der Waals surface area contributed by atoms with Crippen molar-refractivity contribution in [2.24, 2.45) is 0 Å². The third kappa shape index (κ3) is 3.97. The fourth-order valence-electron chi connectivity index (χ4n) is 3.17. The number of carboxylic acids is 2. The number of hydrogen-bond acceptors (Lipinski definition) is 4. The maximum atomic E-state index is 13.2. The van der Waals surface area contributed by atoms with Gasteiger partial charge < -0.3 is 10.2 Å². The number of aromatic carboxylic acids is 2. The van der Waals surface area contributed by atoms with Crippen LogP contribution >= 0.6 is 0 Å². The highest BCUT2D eigenvalue weighted by Crippen LogP contribution is 2.16. The lowest BCUT2D eigenvalue weighted by atomic mass is 10.1. The first-order valence-electron chi connectivity index (χ1n) is 9.31. The Balaban J connectivity index is 1.85. The van der Waals surface area contributed by atoms with Gasteiger partial charge in [-0.05, 0) is 60.2 Å². The van der Waals surface area contributed by atoms with Gasteiger partial charge in [0, 0.05) is 0 Å². The molecule has 4 rings (SSSR count). The van der Waals surface area contributed by atoms with Crippen molar-refractivity contribution in [2.75, 3.05) is 0 Å². The van der Waals surface area contributed by atoms with Gasteiger partial charge in [-0.15, -0.1) is 0 Å². The molecule has 0 aliphatic carbocycles. The van der Waals surface area contributed by atoms with E-state index in [0.717, 1.165) is 5.56 Å². The van der Waals surface area contributed by atoms with E-state index in [4.69, 9.17) is 10.2 Å². The SMILES string of the molecule is O=C(O)c1ccc(/C=C/c2nc3ccccc3c(=O)n2-c2ccc(C(=O)O)cc2)cc1. The van der Waals surface area contributed by atoms with E-state index in [1.165, 1.54) is 28.8 Å². The number of benzene rings is 3. The van der Waals surface area contributed by atoms with Crippen molar-refractivity contribution in [3.05, 3.63) is 106 Å².